The first kappa shape index (κ1) is 22.8. The van der Waals surface area contributed by atoms with Crippen molar-refractivity contribution in [1.82, 2.24) is 5.32 Å². The molecular formula is C34H26ClN3. The van der Waals surface area contributed by atoms with Gasteiger partial charge in [0.15, 0.2) is 5.84 Å². The van der Waals surface area contributed by atoms with Crippen molar-refractivity contribution in [2.45, 2.75) is 12.6 Å². The number of nitrogens with one attached hydrogen (secondary N) is 1. The van der Waals surface area contributed by atoms with Crippen LogP contribution in [0.3, 0.4) is 0 Å². The van der Waals surface area contributed by atoms with Gasteiger partial charge in [0.25, 0.3) is 0 Å². The summed E-state index contributed by atoms with van der Waals surface area (Å²) in [6, 6.07) is 43.1. The maximum atomic E-state index is 6.65. The third-order valence-corrected chi connectivity index (χ3v) is 7.81. The van der Waals surface area contributed by atoms with Crippen molar-refractivity contribution in [2.24, 2.45) is 4.99 Å². The zero-order chi connectivity index (χ0) is 25.5. The Kier molecular flexibility index (Phi) is 5.71. The lowest BCUT2D eigenvalue weighted by molar-refractivity contribution is 0.674. The molecule has 5 aromatic carbocycles. The predicted molar refractivity (Wildman–Crippen MR) is 159 cm³/mol. The summed E-state index contributed by atoms with van der Waals surface area (Å²) in [5.74, 6) is 0.920. The summed E-state index contributed by atoms with van der Waals surface area (Å²) in [6.45, 7) is 0.709. The topological polar surface area (TPSA) is 27.6 Å². The summed E-state index contributed by atoms with van der Waals surface area (Å²) < 4.78 is 0. The molecule has 5 aromatic rings. The number of nitrogens with zero attached hydrogens (tertiary/aromatic N) is 2. The molecule has 4 heteroatoms. The quantitative estimate of drug-likeness (QED) is 0.262. The summed E-state index contributed by atoms with van der Waals surface area (Å²) in [4.78, 5) is 7.11. The van der Waals surface area contributed by atoms with Gasteiger partial charge in [0.1, 0.15) is 6.17 Å². The van der Waals surface area contributed by atoms with Gasteiger partial charge in [-0.3, -0.25) is 9.89 Å². The van der Waals surface area contributed by atoms with Crippen molar-refractivity contribution in [1.29, 1.82) is 0 Å². The molecule has 1 saturated heterocycles. The molecule has 2 heterocycles. The van der Waals surface area contributed by atoms with Crippen LogP contribution in [0.4, 0.5) is 5.69 Å². The molecule has 2 aliphatic rings. The molecule has 0 bridgehead atoms. The zero-order valence-electron chi connectivity index (χ0n) is 20.8. The van der Waals surface area contributed by atoms with Crippen LogP contribution in [-0.2, 0) is 0 Å². The summed E-state index contributed by atoms with van der Waals surface area (Å²) in [5.41, 5.74) is 8.11. The molecule has 3 nitrogen and oxygen atoms in total. The first-order chi connectivity index (χ1) is 18.8. The first-order valence-corrected chi connectivity index (χ1v) is 13.4. The molecular weight excluding hydrogens is 486 g/mol. The number of hydrogen-bond acceptors (Lipinski definition) is 3. The Morgan fingerprint density at radius 2 is 1.24 bits per heavy atom. The molecule has 0 aromatic heterocycles. The monoisotopic (exact) mass is 511 g/mol. The fourth-order valence-corrected chi connectivity index (χ4v) is 5.83. The van der Waals surface area contributed by atoms with Crippen molar-refractivity contribution >= 4 is 33.9 Å². The minimum absolute atomic E-state index is 0.0794. The van der Waals surface area contributed by atoms with E-state index in [1.807, 2.05) is 6.07 Å². The second-order valence-corrected chi connectivity index (χ2v) is 10.1. The molecule has 2 aliphatic heterocycles. The van der Waals surface area contributed by atoms with Crippen LogP contribution < -0.4 is 10.2 Å². The Balaban J connectivity index is 1.29. The Hall–Kier alpha value is -4.34. The van der Waals surface area contributed by atoms with Crippen LogP contribution in [0.5, 0.6) is 0 Å². The van der Waals surface area contributed by atoms with Gasteiger partial charge in [0.05, 0.1) is 5.70 Å². The molecule has 184 valence electrons. The van der Waals surface area contributed by atoms with Crippen molar-refractivity contribution in [2.75, 3.05) is 11.4 Å². The number of benzene rings is 5. The number of aliphatic imine (C=N–C) groups is 1. The molecule has 1 N–H and O–H groups in total. The van der Waals surface area contributed by atoms with Crippen molar-refractivity contribution in [3.8, 4) is 22.3 Å². The van der Waals surface area contributed by atoms with Gasteiger partial charge in [-0.05, 0) is 50.7 Å². The molecule has 0 amide bonds. The highest BCUT2D eigenvalue weighted by Gasteiger charge is 2.37. The maximum absolute atomic E-state index is 6.65. The van der Waals surface area contributed by atoms with Crippen LogP contribution in [-0.4, -0.2) is 12.4 Å². The van der Waals surface area contributed by atoms with Gasteiger partial charge in [-0.25, -0.2) is 0 Å². The minimum Gasteiger partial charge on any atom is -0.357 e. The normalized spacial score (nSPS) is 16.8. The number of fused-ring (bicyclic) bond motifs is 2. The highest BCUT2D eigenvalue weighted by molar-refractivity contribution is 6.33. The average Bonchev–Trinajstić information content (AvgIpc) is 3.39. The lowest BCUT2D eigenvalue weighted by Gasteiger charge is -2.26. The molecule has 1 fully saturated rings. The maximum Gasteiger partial charge on any atom is 0.155 e. The van der Waals surface area contributed by atoms with E-state index in [-0.39, 0.29) is 6.17 Å². The van der Waals surface area contributed by atoms with Gasteiger partial charge in [-0.2, -0.15) is 0 Å². The molecule has 0 radical (unpaired) electrons. The summed E-state index contributed by atoms with van der Waals surface area (Å²) in [6.07, 6.45) is 0.692. The van der Waals surface area contributed by atoms with E-state index in [4.69, 9.17) is 16.6 Å². The van der Waals surface area contributed by atoms with E-state index in [0.717, 1.165) is 34.2 Å². The van der Waals surface area contributed by atoms with E-state index in [9.17, 15) is 0 Å². The van der Waals surface area contributed by atoms with Gasteiger partial charge in [0, 0.05) is 23.7 Å². The van der Waals surface area contributed by atoms with E-state index < -0.39 is 0 Å². The van der Waals surface area contributed by atoms with E-state index in [2.05, 4.69) is 125 Å². The number of hydrogen-bond donors (Lipinski definition) is 1. The molecule has 1 unspecified atom stereocenters. The van der Waals surface area contributed by atoms with Gasteiger partial charge in [-0.1, -0.05) is 121 Å². The molecule has 0 spiro atoms. The minimum atomic E-state index is -0.0794. The smallest absolute Gasteiger partial charge is 0.155 e. The highest BCUT2D eigenvalue weighted by Crippen LogP contribution is 2.39. The fraction of sp³-hybridized carbons (Fsp3) is 0.0882. The van der Waals surface area contributed by atoms with Gasteiger partial charge >= 0.3 is 0 Å². The molecule has 0 saturated carbocycles. The lowest BCUT2D eigenvalue weighted by atomic mass is 9.92. The summed E-state index contributed by atoms with van der Waals surface area (Å²) in [7, 11) is 0. The van der Waals surface area contributed by atoms with Crippen molar-refractivity contribution in [3.63, 3.8) is 0 Å². The van der Waals surface area contributed by atoms with Crippen LogP contribution in [0.2, 0.25) is 0 Å². The number of rotatable bonds is 4. The zero-order valence-corrected chi connectivity index (χ0v) is 21.6. The van der Waals surface area contributed by atoms with Gasteiger partial charge < -0.3 is 5.32 Å². The predicted octanol–water partition coefficient (Wildman–Crippen LogP) is 8.53. The van der Waals surface area contributed by atoms with E-state index in [0.29, 0.717) is 6.54 Å². The Labute approximate surface area is 227 Å². The third-order valence-electron chi connectivity index (χ3n) is 7.44. The van der Waals surface area contributed by atoms with Crippen LogP contribution in [0, 0.1) is 0 Å². The lowest BCUT2D eigenvalue weighted by Crippen LogP contribution is -2.30. The van der Waals surface area contributed by atoms with Crippen molar-refractivity contribution < 1.29 is 0 Å². The van der Waals surface area contributed by atoms with E-state index >= 15 is 0 Å². The largest absolute Gasteiger partial charge is 0.357 e. The number of dihydropyridines is 1. The first-order valence-electron chi connectivity index (χ1n) is 13.0. The Morgan fingerprint density at radius 3 is 1.89 bits per heavy atom. The van der Waals surface area contributed by atoms with E-state index in [1.165, 1.54) is 33.0 Å². The van der Waals surface area contributed by atoms with Crippen LogP contribution in [0.25, 0.3) is 33.0 Å². The number of amidine groups is 1. The van der Waals surface area contributed by atoms with Crippen molar-refractivity contribution in [3.05, 3.63) is 138 Å². The third kappa shape index (κ3) is 3.87. The summed E-state index contributed by atoms with van der Waals surface area (Å²) in [5, 5.41) is 7.03. The van der Waals surface area contributed by atoms with Crippen LogP contribution in [0.1, 0.15) is 18.2 Å². The van der Waals surface area contributed by atoms with Crippen LogP contribution >= 0.6 is 11.6 Å². The average molecular weight is 512 g/mol. The van der Waals surface area contributed by atoms with Gasteiger partial charge in [0.2, 0.25) is 0 Å². The molecule has 38 heavy (non-hydrogen) atoms. The van der Waals surface area contributed by atoms with E-state index in [1.54, 1.807) is 0 Å². The van der Waals surface area contributed by atoms with Crippen LogP contribution in [0.15, 0.2) is 137 Å². The highest BCUT2D eigenvalue weighted by atomic mass is 35.5. The number of anilines is 1. The SMILES string of the molecule is ClC1=C2NC(c3ccc(-c4ccc(-c5ccccc5)c5ccccc45)cc3)N(c3ccccc3)C2=NCC1. The van der Waals surface area contributed by atoms with Gasteiger partial charge in [-0.15, -0.1) is 0 Å². The fourth-order valence-electron chi connectivity index (χ4n) is 5.61. The summed E-state index contributed by atoms with van der Waals surface area (Å²) >= 11 is 6.65. The second kappa shape index (κ2) is 9.51. The Bertz CT molecular complexity index is 1690. The number of halogens is 1. The molecule has 0 aliphatic carbocycles. The molecule has 7 rings (SSSR count). The Morgan fingerprint density at radius 1 is 0.658 bits per heavy atom. The standard InChI is InChI=1S/C34H26ClN3/c35-31-21-22-36-34-32(31)37-33(38(34)26-11-5-2-6-12-26)25-17-15-24(16-18-25)28-20-19-27(23-9-3-1-4-10-23)29-13-7-8-14-30(28)29/h1-20,33,37H,21-22H2. The molecule has 1 atom stereocenters. The second-order valence-electron chi connectivity index (χ2n) is 9.68. The number of para-hydroxylation sites is 1.